The number of alkyl halides is 3. The van der Waals surface area contributed by atoms with Gasteiger partial charge in [-0.2, -0.15) is 13.2 Å². The maximum Gasteiger partial charge on any atom is 0.416 e. The van der Waals surface area contributed by atoms with Gasteiger partial charge in [-0.1, -0.05) is 23.7 Å². The summed E-state index contributed by atoms with van der Waals surface area (Å²) in [6.45, 7) is 5.39. The zero-order chi connectivity index (χ0) is 24.2. The molecule has 3 rings (SSSR count). The first kappa shape index (κ1) is 24.7. The van der Waals surface area contributed by atoms with Gasteiger partial charge in [0.1, 0.15) is 17.2 Å². The van der Waals surface area contributed by atoms with Gasteiger partial charge in [0.2, 0.25) is 0 Å². The van der Waals surface area contributed by atoms with Crippen LogP contribution >= 0.6 is 11.6 Å². The van der Waals surface area contributed by atoms with Crippen LogP contribution in [0, 0.1) is 0 Å². The largest absolute Gasteiger partial charge is 0.479 e. The van der Waals surface area contributed by atoms with Gasteiger partial charge in [-0.25, -0.2) is 4.79 Å². The summed E-state index contributed by atoms with van der Waals surface area (Å²) in [5, 5.41) is 1.44. The van der Waals surface area contributed by atoms with Gasteiger partial charge in [-0.05, 0) is 74.0 Å². The van der Waals surface area contributed by atoms with Crippen molar-refractivity contribution in [1.29, 1.82) is 0 Å². The SMILES string of the molecule is CCOC(C)OC(=O)C(C)Oc1ccc2ccc(Oc3ccc(C(F)(F)F)cc3Cl)cc2c1. The molecular formula is C24H22ClF3O5. The van der Waals surface area contributed by atoms with Gasteiger partial charge in [-0.15, -0.1) is 0 Å². The van der Waals surface area contributed by atoms with Crippen molar-refractivity contribution in [3.8, 4) is 17.2 Å². The molecule has 2 unspecified atom stereocenters. The molecule has 0 radical (unpaired) electrons. The maximum atomic E-state index is 12.8. The lowest BCUT2D eigenvalue weighted by Crippen LogP contribution is -2.30. The van der Waals surface area contributed by atoms with Gasteiger partial charge in [-0.3, -0.25) is 0 Å². The molecule has 0 fully saturated rings. The Bertz CT molecular complexity index is 1130. The Labute approximate surface area is 194 Å². The van der Waals surface area contributed by atoms with Crippen LogP contribution < -0.4 is 9.47 Å². The minimum Gasteiger partial charge on any atom is -0.479 e. The Morgan fingerprint density at radius 1 is 0.970 bits per heavy atom. The summed E-state index contributed by atoms with van der Waals surface area (Å²) >= 11 is 5.97. The minimum atomic E-state index is -4.49. The number of benzene rings is 3. The van der Waals surface area contributed by atoms with E-state index in [0.29, 0.717) is 18.1 Å². The van der Waals surface area contributed by atoms with E-state index < -0.39 is 30.1 Å². The number of halogens is 4. The van der Waals surface area contributed by atoms with Crippen molar-refractivity contribution in [3.63, 3.8) is 0 Å². The highest BCUT2D eigenvalue weighted by molar-refractivity contribution is 6.32. The molecule has 0 N–H and O–H groups in total. The van der Waals surface area contributed by atoms with Crippen LogP contribution in [-0.4, -0.2) is 25.0 Å². The van der Waals surface area contributed by atoms with E-state index >= 15 is 0 Å². The molecule has 0 aliphatic rings. The van der Waals surface area contributed by atoms with E-state index in [9.17, 15) is 18.0 Å². The van der Waals surface area contributed by atoms with E-state index in [0.717, 1.165) is 22.9 Å². The second kappa shape index (κ2) is 10.3. The topological polar surface area (TPSA) is 54.0 Å². The van der Waals surface area contributed by atoms with Crippen LogP contribution in [0.2, 0.25) is 5.02 Å². The van der Waals surface area contributed by atoms with Crippen LogP contribution in [0.15, 0.2) is 54.6 Å². The number of ether oxygens (including phenoxy) is 4. The third-order valence-electron chi connectivity index (χ3n) is 4.60. The van der Waals surface area contributed by atoms with Gasteiger partial charge >= 0.3 is 12.1 Å². The highest BCUT2D eigenvalue weighted by Gasteiger charge is 2.31. The number of esters is 1. The average Bonchev–Trinajstić information content (AvgIpc) is 2.74. The molecule has 0 saturated carbocycles. The van der Waals surface area contributed by atoms with Crippen LogP contribution in [0.3, 0.4) is 0 Å². The molecule has 2 atom stereocenters. The van der Waals surface area contributed by atoms with Crippen molar-refractivity contribution in [1.82, 2.24) is 0 Å². The Balaban J connectivity index is 1.75. The summed E-state index contributed by atoms with van der Waals surface area (Å²) in [6.07, 6.45) is -6.04. The van der Waals surface area contributed by atoms with Crippen LogP contribution in [0.25, 0.3) is 10.8 Å². The monoisotopic (exact) mass is 482 g/mol. The quantitative estimate of drug-likeness (QED) is 0.255. The van der Waals surface area contributed by atoms with Crippen molar-refractivity contribution in [3.05, 3.63) is 65.2 Å². The number of carbonyl (C=O) groups is 1. The molecule has 0 aliphatic carbocycles. The lowest BCUT2D eigenvalue weighted by molar-refractivity contribution is -0.180. The molecule has 0 aliphatic heterocycles. The predicted molar refractivity (Wildman–Crippen MR) is 118 cm³/mol. The predicted octanol–water partition coefficient (Wildman–Crippen LogP) is 7.00. The lowest BCUT2D eigenvalue weighted by atomic mass is 10.1. The van der Waals surface area contributed by atoms with E-state index in [1.807, 2.05) is 0 Å². The summed E-state index contributed by atoms with van der Waals surface area (Å²) in [6, 6.07) is 13.3. The Kier molecular flexibility index (Phi) is 7.71. The van der Waals surface area contributed by atoms with Crippen LogP contribution in [0.4, 0.5) is 13.2 Å². The van der Waals surface area contributed by atoms with Gasteiger partial charge in [0, 0.05) is 6.61 Å². The van der Waals surface area contributed by atoms with Crippen molar-refractivity contribution < 1.29 is 36.9 Å². The van der Waals surface area contributed by atoms with Crippen molar-refractivity contribution in [2.45, 2.75) is 39.3 Å². The van der Waals surface area contributed by atoms with Crippen LogP contribution in [-0.2, 0) is 20.4 Å². The first-order chi connectivity index (χ1) is 15.6. The third kappa shape index (κ3) is 6.52. The van der Waals surface area contributed by atoms with Gasteiger partial charge in [0.15, 0.2) is 12.4 Å². The first-order valence-electron chi connectivity index (χ1n) is 10.1. The highest BCUT2D eigenvalue weighted by Crippen LogP contribution is 2.37. The smallest absolute Gasteiger partial charge is 0.416 e. The number of rotatable bonds is 8. The van der Waals surface area contributed by atoms with E-state index in [4.69, 9.17) is 30.5 Å². The number of carbonyl (C=O) groups excluding carboxylic acids is 1. The third-order valence-corrected chi connectivity index (χ3v) is 4.89. The van der Waals surface area contributed by atoms with E-state index in [1.54, 1.807) is 57.2 Å². The second-order valence-corrected chi connectivity index (χ2v) is 7.54. The molecule has 9 heteroatoms. The molecule has 176 valence electrons. The molecular weight excluding hydrogens is 461 g/mol. The summed E-state index contributed by atoms with van der Waals surface area (Å²) < 4.78 is 60.2. The molecule has 3 aromatic carbocycles. The van der Waals surface area contributed by atoms with Crippen molar-refractivity contribution >= 4 is 28.3 Å². The van der Waals surface area contributed by atoms with Gasteiger partial charge < -0.3 is 18.9 Å². The molecule has 0 saturated heterocycles. The van der Waals surface area contributed by atoms with Crippen LogP contribution in [0.1, 0.15) is 26.3 Å². The van der Waals surface area contributed by atoms with Crippen molar-refractivity contribution in [2.24, 2.45) is 0 Å². The average molecular weight is 483 g/mol. The standard InChI is InChI=1S/C24H22ClF3O5/c1-4-30-15(3)32-23(29)14(2)31-19-8-5-16-6-9-20(12-17(16)11-19)33-22-10-7-18(13-21(22)25)24(26,27)28/h5-15H,4H2,1-3H3. The second-order valence-electron chi connectivity index (χ2n) is 7.14. The number of hydrogen-bond donors (Lipinski definition) is 0. The lowest BCUT2D eigenvalue weighted by Gasteiger charge is -2.18. The molecule has 33 heavy (non-hydrogen) atoms. The highest BCUT2D eigenvalue weighted by atomic mass is 35.5. The molecule has 5 nitrogen and oxygen atoms in total. The van der Waals surface area contributed by atoms with E-state index in [-0.39, 0.29) is 10.8 Å². The zero-order valence-corrected chi connectivity index (χ0v) is 18.9. The fourth-order valence-electron chi connectivity index (χ4n) is 3.01. The molecule has 0 amide bonds. The molecule has 0 bridgehead atoms. The van der Waals surface area contributed by atoms with Gasteiger partial charge in [0.25, 0.3) is 0 Å². The fourth-order valence-corrected chi connectivity index (χ4v) is 3.23. The van der Waals surface area contributed by atoms with Crippen LogP contribution in [0.5, 0.6) is 17.2 Å². The fraction of sp³-hybridized carbons (Fsp3) is 0.292. The number of hydrogen-bond acceptors (Lipinski definition) is 5. The van der Waals surface area contributed by atoms with Gasteiger partial charge in [0.05, 0.1) is 10.6 Å². The molecule has 0 aromatic heterocycles. The molecule has 0 heterocycles. The van der Waals surface area contributed by atoms with E-state index in [1.165, 1.54) is 6.07 Å². The van der Waals surface area contributed by atoms with Crippen molar-refractivity contribution in [2.75, 3.05) is 6.61 Å². The summed E-state index contributed by atoms with van der Waals surface area (Å²) in [5.41, 5.74) is -0.858. The molecule has 0 spiro atoms. The Morgan fingerprint density at radius 3 is 2.27 bits per heavy atom. The Morgan fingerprint density at radius 2 is 1.64 bits per heavy atom. The molecule has 3 aromatic rings. The minimum absolute atomic E-state index is 0.0937. The summed E-state index contributed by atoms with van der Waals surface area (Å²) in [4.78, 5) is 12.1. The summed E-state index contributed by atoms with van der Waals surface area (Å²) in [5.74, 6) is 0.335. The number of fused-ring (bicyclic) bond motifs is 1. The zero-order valence-electron chi connectivity index (χ0n) is 18.1. The first-order valence-corrected chi connectivity index (χ1v) is 10.5. The normalized spacial score (nSPS) is 13.4. The Hall–Kier alpha value is -2.97. The van der Waals surface area contributed by atoms with E-state index in [2.05, 4.69) is 0 Å². The summed E-state index contributed by atoms with van der Waals surface area (Å²) in [7, 11) is 0. The maximum absolute atomic E-state index is 12.8.